The Balaban J connectivity index is 0.909. The summed E-state index contributed by atoms with van der Waals surface area (Å²) in [6.45, 7) is 0. The first-order valence-corrected chi connectivity index (χ1v) is 23.2. The zero-order valence-electron chi connectivity index (χ0n) is 37.3. The molecule has 0 bridgehead atoms. The highest BCUT2D eigenvalue weighted by atomic mass is 16.3. The minimum Gasteiger partial charge on any atom is -0.453 e. The molecule has 0 aliphatic carbocycles. The largest absolute Gasteiger partial charge is 0.453 e. The standard InChI is InChI=1S/C63H41N5O/c1-5-18-42(19-6-1)46-24-15-27-50(40-46)67(48-25-11-4-12-26-48)49-37-34-43(35-38-49)47-36-39-57-55(41-47)51-28-13-14-32-56(51)68(57)58-33-17-30-53-52-29-16-31-54(59(52)69-60(53)58)63-65-61(44-20-7-2-8-21-44)64-62(66-63)45-22-9-3-10-23-45/h1-41H. The van der Waals surface area contributed by atoms with Crippen LogP contribution < -0.4 is 4.90 Å². The van der Waals surface area contributed by atoms with Crippen LogP contribution in [0, 0.1) is 0 Å². The topological polar surface area (TPSA) is 60.0 Å². The number of hydrogen-bond acceptors (Lipinski definition) is 5. The Labute approximate surface area is 398 Å². The van der Waals surface area contributed by atoms with E-state index in [1.807, 2.05) is 66.7 Å². The number of anilines is 3. The zero-order chi connectivity index (χ0) is 45.7. The summed E-state index contributed by atoms with van der Waals surface area (Å²) < 4.78 is 9.41. The molecule has 3 heterocycles. The molecular formula is C63H41N5O. The van der Waals surface area contributed by atoms with Crippen molar-refractivity contribution in [2.75, 3.05) is 4.90 Å². The summed E-state index contributed by atoms with van der Waals surface area (Å²) in [5.74, 6) is 1.76. The zero-order valence-corrected chi connectivity index (χ0v) is 37.3. The Bertz CT molecular complexity index is 3940. The second-order valence-corrected chi connectivity index (χ2v) is 17.2. The predicted octanol–water partition coefficient (Wildman–Crippen LogP) is 16.7. The van der Waals surface area contributed by atoms with Crippen molar-refractivity contribution in [1.82, 2.24) is 19.5 Å². The fourth-order valence-electron chi connectivity index (χ4n) is 9.78. The quantitative estimate of drug-likeness (QED) is 0.145. The maximum atomic E-state index is 7.07. The van der Waals surface area contributed by atoms with E-state index in [0.717, 1.165) is 88.9 Å². The Morgan fingerprint density at radius 3 is 1.49 bits per heavy atom. The normalized spacial score (nSPS) is 11.5. The molecule has 0 spiro atoms. The van der Waals surface area contributed by atoms with Gasteiger partial charge in [0.2, 0.25) is 0 Å². The van der Waals surface area contributed by atoms with Gasteiger partial charge in [-0.1, -0.05) is 182 Å². The molecular weight excluding hydrogens is 843 g/mol. The number of benzene rings is 10. The fourth-order valence-corrected chi connectivity index (χ4v) is 9.78. The van der Waals surface area contributed by atoms with Crippen LogP contribution in [0.3, 0.4) is 0 Å². The van der Waals surface area contributed by atoms with Gasteiger partial charge in [-0.25, -0.2) is 15.0 Å². The molecule has 13 rings (SSSR count). The summed E-state index contributed by atoms with van der Waals surface area (Å²) in [4.78, 5) is 17.4. The highest BCUT2D eigenvalue weighted by Crippen LogP contribution is 2.43. The smallest absolute Gasteiger partial charge is 0.167 e. The Morgan fingerprint density at radius 1 is 0.304 bits per heavy atom. The summed E-state index contributed by atoms with van der Waals surface area (Å²) in [5.41, 5.74) is 15.2. The molecule has 0 saturated heterocycles. The van der Waals surface area contributed by atoms with Crippen LogP contribution >= 0.6 is 0 Å². The van der Waals surface area contributed by atoms with Gasteiger partial charge in [0.25, 0.3) is 0 Å². The molecule has 10 aromatic carbocycles. The van der Waals surface area contributed by atoms with Gasteiger partial charge >= 0.3 is 0 Å². The maximum absolute atomic E-state index is 7.07. The number of nitrogens with zero attached hydrogens (tertiary/aromatic N) is 5. The third kappa shape index (κ3) is 7.10. The van der Waals surface area contributed by atoms with Crippen LogP contribution in [0.1, 0.15) is 0 Å². The summed E-state index contributed by atoms with van der Waals surface area (Å²) >= 11 is 0. The molecule has 324 valence electrons. The fraction of sp³-hybridized carbons (Fsp3) is 0. The van der Waals surface area contributed by atoms with Gasteiger partial charge in [-0.3, -0.25) is 0 Å². The van der Waals surface area contributed by atoms with E-state index in [4.69, 9.17) is 19.4 Å². The lowest BCUT2D eigenvalue weighted by Gasteiger charge is -2.26. The van der Waals surface area contributed by atoms with Crippen LogP contribution in [0.25, 0.3) is 106 Å². The lowest BCUT2D eigenvalue weighted by molar-refractivity contribution is 0.667. The number of aromatic nitrogens is 4. The van der Waals surface area contributed by atoms with Crippen molar-refractivity contribution in [3.05, 3.63) is 249 Å². The van der Waals surface area contributed by atoms with Crippen molar-refractivity contribution in [1.29, 1.82) is 0 Å². The van der Waals surface area contributed by atoms with E-state index in [9.17, 15) is 0 Å². The molecule has 3 aromatic heterocycles. The minimum atomic E-state index is 0.552. The molecule has 0 aliphatic heterocycles. The summed E-state index contributed by atoms with van der Waals surface area (Å²) in [6, 6.07) is 87.0. The molecule has 6 heteroatoms. The molecule has 0 atom stereocenters. The molecule has 0 saturated carbocycles. The molecule has 0 fully saturated rings. The lowest BCUT2D eigenvalue weighted by atomic mass is 10.0. The van der Waals surface area contributed by atoms with E-state index in [-0.39, 0.29) is 0 Å². The van der Waals surface area contributed by atoms with E-state index in [1.165, 1.54) is 16.5 Å². The first-order chi connectivity index (χ1) is 34.2. The number of rotatable bonds is 9. The average Bonchev–Trinajstić information content (AvgIpc) is 3.98. The summed E-state index contributed by atoms with van der Waals surface area (Å²) in [5, 5.41) is 4.34. The number of hydrogen-bond donors (Lipinski definition) is 0. The first kappa shape index (κ1) is 39.9. The third-order valence-electron chi connectivity index (χ3n) is 13.0. The van der Waals surface area contributed by atoms with E-state index in [2.05, 4.69) is 191 Å². The van der Waals surface area contributed by atoms with E-state index < -0.39 is 0 Å². The van der Waals surface area contributed by atoms with Gasteiger partial charge in [-0.2, -0.15) is 0 Å². The second kappa shape index (κ2) is 16.8. The van der Waals surface area contributed by atoms with Crippen molar-refractivity contribution in [2.24, 2.45) is 0 Å². The minimum absolute atomic E-state index is 0.552. The molecule has 0 radical (unpaired) electrons. The van der Waals surface area contributed by atoms with Crippen molar-refractivity contribution in [3.63, 3.8) is 0 Å². The number of furan rings is 1. The molecule has 0 aliphatic rings. The number of fused-ring (bicyclic) bond motifs is 6. The molecule has 0 amide bonds. The Morgan fingerprint density at radius 2 is 0.783 bits per heavy atom. The second-order valence-electron chi connectivity index (χ2n) is 17.2. The van der Waals surface area contributed by atoms with Gasteiger partial charge in [0.1, 0.15) is 5.58 Å². The molecule has 13 aromatic rings. The first-order valence-electron chi connectivity index (χ1n) is 23.2. The van der Waals surface area contributed by atoms with Gasteiger partial charge < -0.3 is 13.9 Å². The molecule has 6 nitrogen and oxygen atoms in total. The third-order valence-corrected chi connectivity index (χ3v) is 13.0. The Kier molecular flexibility index (Phi) is 9.72. The highest BCUT2D eigenvalue weighted by molar-refractivity contribution is 6.14. The van der Waals surface area contributed by atoms with Crippen molar-refractivity contribution in [3.8, 4) is 62.1 Å². The van der Waals surface area contributed by atoms with Crippen LogP contribution in [0.2, 0.25) is 0 Å². The van der Waals surface area contributed by atoms with Gasteiger partial charge in [-0.05, 0) is 89.0 Å². The van der Waals surface area contributed by atoms with E-state index in [0.29, 0.717) is 17.5 Å². The van der Waals surface area contributed by atoms with Crippen LogP contribution in [0.4, 0.5) is 17.1 Å². The lowest BCUT2D eigenvalue weighted by Crippen LogP contribution is -2.09. The highest BCUT2D eigenvalue weighted by Gasteiger charge is 2.22. The van der Waals surface area contributed by atoms with Crippen LogP contribution in [-0.4, -0.2) is 19.5 Å². The SMILES string of the molecule is c1ccc(-c2cccc(N(c3ccccc3)c3ccc(-c4ccc5c(c4)c4ccccc4n5-c4cccc5c4oc4c(-c6nc(-c7ccccc7)nc(-c7ccccc7)n6)cccc45)cc3)c2)cc1. The van der Waals surface area contributed by atoms with Crippen molar-refractivity contribution in [2.45, 2.75) is 0 Å². The van der Waals surface area contributed by atoms with Gasteiger partial charge in [0.05, 0.1) is 22.3 Å². The van der Waals surface area contributed by atoms with Crippen LogP contribution in [-0.2, 0) is 0 Å². The van der Waals surface area contributed by atoms with Gasteiger partial charge in [0.15, 0.2) is 23.1 Å². The summed E-state index contributed by atoms with van der Waals surface area (Å²) in [6.07, 6.45) is 0. The number of para-hydroxylation sites is 4. The van der Waals surface area contributed by atoms with Gasteiger partial charge in [0, 0.05) is 49.7 Å². The molecule has 69 heavy (non-hydrogen) atoms. The van der Waals surface area contributed by atoms with Crippen molar-refractivity contribution < 1.29 is 4.42 Å². The van der Waals surface area contributed by atoms with Crippen LogP contribution in [0.5, 0.6) is 0 Å². The molecule has 0 unspecified atom stereocenters. The summed E-state index contributed by atoms with van der Waals surface area (Å²) in [7, 11) is 0. The van der Waals surface area contributed by atoms with E-state index in [1.54, 1.807) is 0 Å². The average molecular weight is 884 g/mol. The monoisotopic (exact) mass is 883 g/mol. The predicted molar refractivity (Wildman–Crippen MR) is 283 cm³/mol. The van der Waals surface area contributed by atoms with Crippen LogP contribution in [0.15, 0.2) is 253 Å². The molecule has 0 N–H and O–H groups in total. The van der Waals surface area contributed by atoms with E-state index >= 15 is 0 Å². The Hall–Kier alpha value is -9.39. The maximum Gasteiger partial charge on any atom is 0.167 e. The van der Waals surface area contributed by atoms with Gasteiger partial charge in [-0.15, -0.1) is 0 Å². The van der Waals surface area contributed by atoms with Crippen molar-refractivity contribution >= 4 is 60.8 Å².